The molecular formula is C20H24N4O. The van der Waals surface area contributed by atoms with E-state index in [9.17, 15) is 4.79 Å². The fourth-order valence-corrected chi connectivity index (χ4v) is 3.19. The molecule has 0 saturated carbocycles. The van der Waals surface area contributed by atoms with Gasteiger partial charge in [0.2, 0.25) is 0 Å². The Hall–Kier alpha value is -2.69. The minimum Gasteiger partial charge on any atom is -0.324 e. The maximum Gasteiger partial charge on any atom is 0.324 e. The second-order valence-corrected chi connectivity index (χ2v) is 6.54. The van der Waals surface area contributed by atoms with Crippen LogP contribution in [0.5, 0.6) is 0 Å². The Morgan fingerprint density at radius 2 is 1.84 bits per heavy atom. The Bertz CT molecular complexity index is 734. The number of rotatable bonds is 3. The first-order valence-corrected chi connectivity index (χ1v) is 8.65. The van der Waals surface area contributed by atoms with Crippen LogP contribution >= 0.6 is 0 Å². The number of nitrogens with zero attached hydrogens (tertiary/aromatic N) is 3. The van der Waals surface area contributed by atoms with Crippen molar-refractivity contribution in [3.05, 3.63) is 59.9 Å². The lowest BCUT2D eigenvalue weighted by Crippen LogP contribution is -2.46. The molecule has 0 radical (unpaired) electrons. The zero-order chi connectivity index (χ0) is 17.8. The van der Waals surface area contributed by atoms with Crippen LogP contribution in [0.1, 0.15) is 24.1 Å². The fourth-order valence-electron chi connectivity index (χ4n) is 3.19. The Kier molecular flexibility index (Phi) is 5.12. The molecule has 25 heavy (non-hydrogen) atoms. The van der Waals surface area contributed by atoms with Crippen molar-refractivity contribution in [2.24, 2.45) is 5.92 Å². The van der Waals surface area contributed by atoms with Crippen LogP contribution in [0.25, 0.3) is 0 Å². The molecule has 1 aromatic carbocycles. The number of nitrogens with one attached hydrogen (secondary N) is 1. The maximum atomic E-state index is 12.7. The van der Waals surface area contributed by atoms with Gasteiger partial charge in [-0.05, 0) is 37.5 Å². The second kappa shape index (κ2) is 7.47. The van der Waals surface area contributed by atoms with Gasteiger partial charge in [-0.25, -0.2) is 4.79 Å². The van der Waals surface area contributed by atoms with Gasteiger partial charge in [-0.2, -0.15) is 0 Å². The largest absolute Gasteiger partial charge is 0.324 e. The number of aryl methyl sites for hydroxylation is 1. The number of hydrogen-bond donors (Lipinski definition) is 1. The van der Waals surface area contributed by atoms with Crippen molar-refractivity contribution in [1.82, 2.24) is 9.88 Å². The van der Waals surface area contributed by atoms with Gasteiger partial charge in [0.05, 0.1) is 11.9 Å². The van der Waals surface area contributed by atoms with Gasteiger partial charge in [0, 0.05) is 37.5 Å². The van der Waals surface area contributed by atoms with Crippen LogP contribution in [-0.4, -0.2) is 41.8 Å². The predicted molar refractivity (Wildman–Crippen MR) is 100 cm³/mol. The molecule has 1 aromatic heterocycles. The van der Waals surface area contributed by atoms with E-state index >= 15 is 0 Å². The number of carbonyl (C=O) groups excluding carboxylic acids is 1. The van der Waals surface area contributed by atoms with Crippen LogP contribution in [0.3, 0.4) is 0 Å². The molecule has 1 fully saturated rings. The van der Waals surface area contributed by atoms with Gasteiger partial charge in [0.25, 0.3) is 0 Å². The van der Waals surface area contributed by atoms with E-state index in [0.29, 0.717) is 18.8 Å². The molecule has 1 N–H and O–H groups in total. The summed E-state index contributed by atoms with van der Waals surface area (Å²) < 4.78 is 0. The highest BCUT2D eigenvalue weighted by Gasteiger charge is 2.27. The topological polar surface area (TPSA) is 60.3 Å². The monoisotopic (exact) mass is 336 g/mol. The van der Waals surface area contributed by atoms with Crippen molar-refractivity contribution < 1.29 is 4.79 Å². The summed E-state index contributed by atoms with van der Waals surface area (Å²) in [7, 11) is 1.78. The lowest BCUT2D eigenvalue weighted by Gasteiger charge is -2.34. The van der Waals surface area contributed by atoms with E-state index in [4.69, 9.17) is 5.41 Å². The summed E-state index contributed by atoms with van der Waals surface area (Å²) >= 11 is 0. The highest BCUT2D eigenvalue weighted by Crippen LogP contribution is 2.23. The maximum absolute atomic E-state index is 12.7. The predicted octanol–water partition coefficient (Wildman–Crippen LogP) is 3.73. The van der Waals surface area contributed by atoms with Crippen LogP contribution in [0, 0.1) is 18.3 Å². The van der Waals surface area contributed by atoms with Crippen LogP contribution in [0.15, 0.2) is 48.7 Å². The minimum atomic E-state index is -0.00431. The summed E-state index contributed by atoms with van der Waals surface area (Å²) in [5, 5.41) is 8.41. The van der Waals surface area contributed by atoms with E-state index in [-0.39, 0.29) is 11.9 Å². The Labute approximate surface area is 148 Å². The summed E-state index contributed by atoms with van der Waals surface area (Å²) in [4.78, 5) is 20.5. The zero-order valence-electron chi connectivity index (χ0n) is 14.8. The number of anilines is 1. The number of carbonyl (C=O) groups is 1. The van der Waals surface area contributed by atoms with Crippen molar-refractivity contribution in [2.45, 2.75) is 19.8 Å². The summed E-state index contributed by atoms with van der Waals surface area (Å²) in [5.74, 6) is 0.220. The lowest BCUT2D eigenvalue weighted by atomic mass is 9.88. The molecule has 2 heterocycles. The molecule has 1 saturated heterocycles. The normalized spacial score (nSPS) is 15.0. The number of piperidine rings is 1. The molecule has 130 valence electrons. The molecule has 0 spiro atoms. The van der Waals surface area contributed by atoms with E-state index in [2.05, 4.69) is 4.98 Å². The molecule has 1 aliphatic heterocycles. The van der Waals surface area contributed by atoms with E-state index in [1.807, 2.05) is 54.3 Å². The van der Waals surface area contributed by atoms with Crippen molar-refractivity contribution in [2.75, 3.05) is 25.0 Å². The van der Waals surface area contributed by atoms with Gasteiger partial charge in [-0.15, -0.1) is 0 Å². The number of hydrogen-bond acceptors (Lipinski definition) is 3. The van der Waals surface area contributed by atoms with Crippen LogP contribution in [0.2, 0.25) is 0 Å². The molecule has 0 bridgehead atoms. The summed E-state index contributed by atoms with van der Waals surface area (Å²) in [6.45, 7) is 3.29. The number of urea groups is 1. The molecule has 5 heteroatoms. The summed E-state index contributed by atoms with van der Waals surface area (Å²) in [6.07, 6.45) is 3.39. The smallest absolute Gasteiger partial charge is 0.324 e. The quantitative estimate of drug-likeness (QED) is 0.868. The van der Waals surface area contributed by atoms with Crippen molar-refractivity contribution in [3.63, 3.8) is 0 Å². The zero-order valence-corrected chi connectivity index (χ0v) is 14.8. The van der Waals surface area contributed by atoms with E-state index in [1.165, 1.54) is 0 Å². The highest BCUT2D eigenvalue weighted by molar-refractivity contribution is 6.00. The summed E-state index contributed by atoms with van der Waals surface area (Å²) in [6, 6.07) is 13.7. The third-order valence-electron chi connectivity index (χ3n) is 4.83. The first-order chi connectivity index (χ1) is 12.1. The third-order valence-corrected chi connectivity index (χ3v) is 4.83. The average Bonchev–Trinajstić information content (AvgIpc) is 2.67. The average molecular weight is 336 g/mol. The van der Waals surface area contributed by atoms with Crippen molar-refractivity contribution >= 4 is 17.4 Å². The van der Waals surface area contributed by atoms with E-state index in [1.54, 1.807) is 18.1 Å². The Morgan fingerprint density at radius 1 is 1.16 bits per heavy atom. The second-order valence-electron chi connectivity index (χ2n) is 6.54. The molecule has 2 amide bonds. The third kappa shape index (κ3) is 3.87. The van der Waals surface area contributed by atoms with Crippen molar-refractivity contribution in [1.29, 1.82) is 5.41 Å². The number of amides is 2. The molecule has 0 atom stereocenters. The van der Waals surface area contributed by atoms with Gasteiger partial charge in [-0.3, -0.25) is 9.88 Å². The van der Waals surface area contributed by atoms with E-state index in [0.717, 1.165) is 29.8 Å². The Balaban J connectivity index is 1.59. The molecule has 1 aliphatic rings. The first-order valence-electron chi connectivity index (χ1n) is 8.65. The number of benzene rings is 1. The van der Waals surface area contributed by atoms with Crippen molar-refractivity contribution in [3.8, 4) is 0 Å². The SMILES string of the molecule is Cc1ccc(N(C)C(=O)N2CCC(C(=N)c3ccccc3)CC2)cn1. The summed E-state index contributed by atoms with van der Waals surface area (Å²) in [5.41, 5.74) is 3.40. The molecule has 0 unspecified atom stereocenters. The highest BCUT2D eigenvalue weighted by atomic mass is 16.2. The standard InChI is InChI=1S/C20H24N4O/c1-15-8-9-18(14-22-15)23(2)20(25)24-12-10-17(11-13-24)19(21)16-6-4-3-5-7-16/h3-9,14,17,21H,10-13H2,1-2H3. The number of likely N-dealkylation sites (tertiary alicyclic amines) is 1. The lowest BCUT2D eigenvalue weighted by molar-refractivity contribution is 0.188. The minimum absolute atomic E-state index is 0.00431. The van der Waals surface area contributed by atoms with Gasteiger partial charge < -0.3 is 10.3 Å². The fraction of sp³-hybridized carbons (Fsp3) is 0.350. The van der Waals surface area contributed by atoms with Crippen LogP contribution < -0.4 is 4.90 Å². The van der Waals surface area contributed by atoms with Crippen LogP contribution in [-0.2, 0) is 0 Å². The van der Waals surface area contributed by atoms with E-state index < -0.39 is 0 Å². The van der Waals surface area contributed by atoms with Gasteiger partial charge in [0.15, 0.2) is 0 Å². The number of pyridine rings is 1. The van der Waals surface area contributed by atoms with Gasteiger partial charge in [-0.1, -0.05) is 30.3 Å². The molecule has 0 aliphatic carbocycles. The first kappa shape index (κ1) is 17.1. The van der Waals surface area contributed by atoms with Gasteiger partial charge >= 0.3 is 6.03 Å². The van der Waals surface area contributed by atoms with Gasteiger partial charge in [0.1, 0.15) is 0 Å². The molecule has 2 aromatic rings. The molecule has 5 nitrogen and oxygen atoms in total. The van der Waals surface area contributed by atoms with Crippen LogP contribution in [0.4, 0.5) is 10.5 Å². The molecule has 3 rings (SSSR count). The Morgan fingerprint density at radius 3 is 2.44 bits per heavy atom. The number of aromatic nitrogens is 1. The molecular weight excluding hydrogens is 312 g/mol.